The molecule has 1 N–H and O–H groups in total. The quantitative estimate of drug-likeness (QED) is 0.894. The number of benzene rings is 1. The van der Waals surface area contributed by atoms with E-state index in [-0.39, 0.29) is 0 Å². The topological polar surface area (TPSA) is 37.8 Å². The number of nitrogens with one attached hydrogen (secondary N) is 1. The van der Waals surface area contributed by atoms with Crippen molar-refractivity contribution in [3.05, 3.63) is 30.0 Å². The van der Waals surface area contributed by atoms with Gasteiger partial charge in [-0.2, -0.15) is 16.9 Å². The average Bonchev–Trinajstić information content (AvgIpc) is 2.41. The van der Waals surface area contributed by atoms with E-state index in [1.165, 1.54) is 5.39 Å². The molecule has 18 heavy (non-hydrogen) atoms. The highest BCUT2D eigenvalue weighted by Crippen LogP contribution is 2.22. The Morgan fingerprint density at radius 2 is 1.94 bits per heavy atom. The minimum absolute atomic E-state index is 0.669. The fraction of sp³-hybridized carbons (Fsp3) is 0.429. The van der Waals surface area contributed by atoms with Crippen molar-refractivity contribution in [1.82, 2.24) is 10.2 Å². The van der Waals surface area contributed by atoms with Gasteiger partial charge in [-0.1, -0.05) is 31.2 Å². The second-order valence-corrected chi connectivity index (χ2v) is 5.72. The van der Waals surface area contributed by atoms with Crippen molar-refractivity contribution in [1.29, 1.82) is 0 Å². The molecule has 0 radical (unpaired) electrons. The van der Waals surface area contributed by atoms with E-state index in [1.54, 1.807) is 0 Å². The number of nitrogens with zero attached hydrogens (tertiary/aromatic N) is 2. The van der Waals surface area contributed by atoms with E-state index in [1.807, 2.05) is 30.8 Å². The Hall–Kier alpha value is -1.29. The van der Waals surface area contributed by atoms with Crippen LogP contribution in [0.25, 0.3) is 10.8 Å². The predicted molar refractivity (Wildman–Crippen MR) is 80.4 cm³/mol. The zero-order chi connectivity index (χ0) is 13.0. The van der Waals surface area contributed by atoms with Gasteiger partial charge in [-0.25, -0.2) is 0 Å². The van der Waals surface area contributed by atoms with Gasteiger partial charge in [0.15, 0.2) is 5.82 Å². The fourth-order valence-electron chi connectivity index (χ4n) is 1.88. The van der Waals surface area contributed by atoms with Crippen molar-refractivity contribution in [2.24, 2.45) is 0 Å². The molecule has 1 aromatic carbocycles. The summed E-state index contributed by atoms with van der Waals surface area (Å²) in [5, 5.41) is 14.9. The molecule has 0 saturated heterocycles. The highest BCUT2D eigenvalue weighted by molar-refractivity contribution is 7.99. The van der Waals surface area contributed by atoms with Crippen LogP contribution >= 0.6 is 11.8 Å². The lowest BCUT2D eigenvalue weighted by atomic mass is 10.1. The summed E-state index contributed by atoms with van der Waals surface area (Å²) in [5.74, 6) is 0.893. The van der Waals surface area contributed by atoms with Crippen LogP contribution in [0, 0.1) is 6.92 Å². The molecule has 0 spiro atoms. The summed E-state index contributed by atoms with van der Waals surface area (Å²) in [7, 11) is 0. The number of hydrogen-bond donors (Lipinski definition) is 1. The third kappa shape index (κ3) is 2.93. The Labute approximate surface area is 112 Å². The molecule has 0 aliphatic rings. The summed E-state index contributed by atoms with van der Waals surface area (Å²) in [6.07, 6.45) is 3.27. The molecule has 1 aromatic heterocycles. The molecule has 4 heteroatoms. The second-order valence-electron chi connectivity index (χ2n) is 4.44. The first-order chi connectivity index (χ1) is 8.72. The minimum Gasteiger partial charge on any atom is -0.368 e. The first-order valence-electron chi connectivity index (χ1n) is 6.21. The van der Waals surface area contributed by atoms with Crippen LogP contribution in [0.1, 0.15) is 19.0 Å². The summed E-state index contributed by atoms with van der Waals surface area (Å²) in [5.41, 5.74) is 0.980. The van der Waals surface area contributed by atoms with Gasteiger partial charge in [-0.05, 0) is 19.6 Å². The number of aryl methyl sites for hydroxylation is 1. The number of anilines is 1. The van der Waals surface area contributed by atoms with Gasteiger partial charge in [0.1, 0.15) is 0 Å². The summed E-state index contributed by atoms with van der Waals surface area (Å²) in [6.45, 7) is 5.17. The molecule has 3 nitrogen and oxygen atoms in total. The maximum absolute atomic E-state index is 4.26. The van der Waals surface area contributed by atoms with Crippen molar-refractivity contribution in [3.63, 3.8) is 0 Å². The Balaban J connectivity index is 2.16. The second kappa shape index (κ2) is 6.05. The Morgan fingerprint density at radius 1 is 1.22 bits per heavy atom. The Kier molecular flexibility index (Phi) is 4.42. The van der Waals surface area contributed by atoms with Gasteiger partial charge in [0, 0.05) is 22.6 Å². The molecule has 1 unspecified atom stereocenters. The maximum atomic E-state index is 4.26. The summed E-state index contributed by atoms with van der Waals surface area (Å²) in [6, 6.07) is 8.27. The SMILES string of the molecule is CSC(C)CCNc1nnc(C)c2ccccc12. The largest absolute Gasteiger partial charge is 0.368 e. The highest BCUT2D eigenvalue weighted by Gasteiger charge is 2.06. The molecular formula is C14H19N3S. The normalized spacial score (nSPS) is 12.6. The van der Waals surface area contributed by atoms with E-state index < -0.39 is 0 Å². The zero-order valence-corrected chi connectivity index (χ0v) is 11.9. The van der Waals surface area contributed by atoms with Crippen LogP contribution in [0.3, 0.4) is 0 Å². The monoisotopic (exact) mass is 261 g/mol. The molecule has 0 bridgehead atoms. The van der Waals surface area contributed by atoms with Crippen LogP contribution in [-0.4, -0.2) is 28.2 Å². The summed E-state index contributed by atoms with van der Waals surface area (Å²) >= 11 is 1.89. The third-order valence-corrected chi connectivity index (χ3v) is 4.16. The van der Waals surface area contributed by atoms with Crippen LogP contribution in [0.5, 0.6) is 0 Å². The average molecular weight is 261 g/mol. The molecule has 1 heterocycles. The molecule has 0 saturated carbocycles. The van der Waals surface area contributed by atoms with E-state index in [9.17, 15) is 0 Å². The highest BCUT2D eigenvalue weighted by atomic mass is 32.2. The van der Waals surface area contributed by atoms with E-state index in [0.29, 0.717) is 5.25 Å². The molecule has 1 atom stereocenters. The molecule has 96 valence electrons. The Bertz CT molecular complexity index is 527. The number of fused-ring (bicyclic) bond motifs is 1. The van der Waals surface area contributed by atoms with Crippen molar-refractivity contribution in [2.45, 2.75) is 25.5 Å². The number of rotatable bonds is 5. The van der Waals surface area contributed by atoms with Gasteiger partial charge in [0.05, 0.1) is 5.69 Å². The van der Waals surface area contributed by atoms with Gasteiger partial charge in [-0.15, -0.1) is 5.10 Å². The van der Waals surface area contributed by atoms with Crippen LogP contribution in [0.4, 0.5) is 5.82 Å². The van der Waals surface area contributed by atoms with Gasteiger partial charge < -0.3 is 5.32 Å². The van der Waals surface area contributed by atoms with Gasteiger partial charge in [0.25, 0.3) is 0 Å². The van der Waals surface area contributed by atoms with Crippen LogP contribution in [0.2, 0.25) is 0 Å². The molecular weight excluding hydrogens is 242 g/mol. The number of aromatic nitrogens is 2. The Morgan fingerprint density at radius 3 is 2.67 bits per heavy atom. The van der Waals surface area contributed by atoms with E-state index >= 15 is 0 Å². The van der Waals surface area contributed by atoms with E-state index in [0.717, 1.165) is 29.9 Å². The predicted octanol–water partition coefficient (Wildman–Crippen LogP) is 3.49. The van der Waals surface area contributed by atoms with Gasteiger partial charge in [0.2, 0.25) is 0 Å². The van der Waals surface area contributed by atoms with Crippen molar-refractivity contribution in [3.8, 4) is 0 Å². The third-order valence-electron chi connectivity index (χ3n) is 3.12. The maximum Gasteiger partial charge on any atom is 0.156 e. The smallest absolute Gasteiger partial charge is 0.156 e. The molecule has 0 aliphatic heterocycles. The minimum atomic E-state index is 0.669. The lowest BCUT2D eigenvalue weighted by Crippen LogP contribution is -2.10. The number of thioether (sulfide) groups is 1. The summed E-state index contributed by atoms with van der Waals surface area (Å²) < 4.78 is 0. The first-order valence-corrected chi connectivity index (χ1v) is 7.50. The van der Waals surface area contributed by atoms with E-state index in [4.69, 9.17) is 0 Å². The van der Waals surface area contributed by atoms with Gasteiger partial charge in [-0.3, -0.25) is 0 Å². The van der Waals surface area contributed by atoms with E-state index in [2.05, 4.69) is 40.8 Å². The fourth-order valence-corrected chi connectivity index (χ4v) is 2.23. The van der Waals surface area contributed by atoms with Crippen molar-refractivity contribution < 1.29 is 0 Å². The van der Waals surface area contributed by atoms with Crippen molar-refractivity contribution >= 4 is 28.4 Å². The molecule has 0 amide bonds. The summed E-state index contributed by atoms with van der Waals surface area (Å²) in [4.78, 5) is 0. The van der Waals surface area contributed by atoms with Gasteiger partial charge >= 0.3 is 0 Å². The van der Waals surface area contributed by atoms with Crippen LogP contribution in [-0.2, 0) is 0 Å². The number of hydrogen-bond acceptors (Lipinski definition) is 4. The lowest BCUT2D eigenvalue weighted by Gasteiger charge is -2.11. The zero-order valence-electron chi connectivity index (χ0n) is 11.1. The molecule has 2 rings (SSSR count). The van der Waals surface area contributed by atoms with Crippen LogP contribution in [0.15, 0.2) is 24.3 Å². The first kappa shape index (κ1) is 13.1. The van der Waals surface area contributed by atoms with Crippen molar-refractivity contribution in [2.75, 3.05) is 18.1 Å². The molecule has 0 fully saturated rings. The van der Waals surface area contributed by atoms with Crippen LogP contribution < -0.4 is 5.32 Å². The standard InChI is InChI=1S/C14H19N3S/c1-10(18-3)8-9-15-14-13-7-5-4-6-12(13)11(2)16-17-14/h4-7,10H,8-9H2,1-3H3,(H,15,17). The lowest BCUT2D eigenvalue weighted by molar-refractivity contribution is 0.845. The molecule has 2 aromatic rings. The molecule has 0 aliphatic carbocycles.